The van der Waals surface area contributed by atoms with Gasteiger partial charge in [0.2, 0.25) is 5.91 Å². The molecule has 2 amide bonds. The fraction of sp³-hybridized carbons (Fsp3) is 0.286. The maximum atomic E-state index is 13.6. The highest BCUT2D eigenvalue weighted by Crippen LogP contribution is 2.33. The first-order chi connectivity index (χ1) is 17.5. The molecule has 8 heteroatoms. The van der Waals surface area contributed by atoms with E-state index in [1.165, 1.54) is 0 Å². The van der Waals surface area contributed by atoms with Crippen LogP contribution in [0.3, 0.4) is 0 Å². The van der Waals surface area contributed by atoms with Crippen molar-refractivity contribution < 1.29 is 9.59 Å². The van der Waals surface area contributed by atoms with Crippen molar-refractivity contribution in [2.24, 2.45) is 0 Å². The predicted molar refractivity (Wildman–Crippen MR) is 138 cm³/mol. The van der Waals surface area contributed by atoms with Gasteiger partial charge in [0.15, 0.2) is 0 Å². The number of amides is 2. The van der Waals surface area contributed by atoms with Gasteiger partial charge in [-0.25, -0.2) is 4.98 Å². The number of hydrogen-bond donors (Lipinski definition) is 1. The maximum Gasteiger partial charge on any atom is 0.257 e. The number of nitrogens with zero attached hydrogens (tertiary/aromatic N) is 5. The van der Waals surface area contributed by atoms with Crippen molar-refractivity contribution in [3.05, 3.63) is 96.1 Å². The first kappa shape index (κ1) is 23.7. The van der Waals surface area contributed by atoms with Crippen LogP contribution in [0.1, 0.15) is 33.9 Å². The van der Waals surface area contributed by atoms with Crippen LogP contribution >= 0.6 is 0 Å². The molecule has 1 aliphatic heterocycles. The molecule has 0 bridgehead atoms. The van der Waals surface area contributed by atoms with E-state index in [2.05, 4.69) is 44.1 Å². The van der Waals surface area contributed by atoms with Crippen LogP contribution in [0.15, 0.2) is 79.4 Å². The molecular weight excluding hydrogens is 452 g/mol. The highest BCUT2D eigenvalue weighted by Gasteiger charge is 2.37. The highest BCUT2D eigenvalue weighted by atomic mass is 16.2. The molecule has 0 aliphatic carbocycles. The first-order valence-corrected chi connectivity index (χ1v) is 12.1. The van der Waals surface area contributed by atoms with Gasteiger partial charge in [0.25, 0.3) is 5.91 Å². The van der Waals surface area contributed by atoms with E-state index in [0.29, 0.717) is 37.1 Å². The summed E-state index contributed by atoms with van der Waals surface area (Å²) in [6, 6.07) is 20.5. The summed E-state index contributed by atoms with van der Waals surface area (Å²) >= 11 is 0. The number of aromatic nitrogens is 3. The Morgan fingerprint density at radius 3 is 2.31 bits per heavy atom. The van der Waals surface area contributed by atoms with Crippen molar-refractivity contribution in [3.63, 3.8) is 0 Å². The smallest absolute Gasteiger partial charge is 0.257 e. The zero-order valence-electron chi connectivity index (χ0n) is 20.5. The molecule has 184 valence electrons. The van der Waals surface area contributed by atoms with E-state index in [-0.39, 0.29) is 23.9 Å². The molecule has 2 aromatic carbocycles. The Bertz CT molecular complexity index is 1300. The second kappa shape index (κ2) is 10.3. The molecule has 5 rings (SSSR count). The van der Waals surface area contributed by atoms with Gasteiger partial charge in [-0.1, -0.05) is 60.7 Å². The van der Waals surface area contributed by atoms with Crippen molar-refractivity contribution in [1.82, 2.24) is 29.7 Å². The minimum absolute atomic E-state index is 0.0268. The molecule has 8 nitrogen and oxygen atoms in total. The quantitative estimate of drug-likeness (QED) is 0.456. The third-order valence-corrected chi connectivity index (χ3v) is 6.85. The number of rotatable bonds is 6. The third kappa shape index (κ3) is 4.72. The minimum atomic E-state index is -0.158. The van der Waals surface area contributed by atoms with Crippen molar-refractivity contribution in [2.75, 3.05) is 33.7 Å². The molecule has 0 unspecified atom stereocenters. The second-order valence-electron chi connectivity index (χ2n) is 9.34. The molecule has 3 heterocycles. The number of carbonyl (C=O) groups excluding carboxylic acids is 2. The molecule has 1 fully saturated rings. The van der Waals surface area contributed by atoms with Crippen LogP contribution < -0.4 is 0 Å². The van der Waals surface area contributed by atoms with Crippen LogP contribution in [0.4, 0.5) is 0 Å². The van der Waals surface area contributed by atoms with Crippen LogP contribution in [0.25, 0.3) is 11.0 Å². The van der Waals surface area contributed by atoms with E-state index >= 15 is 0 Å². The molecule has 36 heavy (non-hydrogen) atoms. The Morgan fingerprint density at radius 2 is 1.67 bits per heavy atom. The summed E-state index contributed by atoms with van der Waals surface area (Å²) in [6.45, 7) is 1.62. The average Bonchev–Trinajstić information content (AvgIpc) is 3.40. The van der Waals surface area contributed by atoms with Gasteiger partial charge in [-0.05, 0) is 11.1 Å². The largest absolute Gasteiger partial charge is 0.349 e. The summed E-state index contributed by atoms with van der Waals surface area (Å²) in [5.41, 5.74) is 4.15. The monoisotopic (exact) mass is 482 g/mol. The Morgan fingerprint density at radius 1 is 1.00 bits per heavy atom. The van der Waals surface area contributed by atoms with E-state index < -0.39 is 0 Å². The number of H-pyrrole nitrogens is 1. The van der Waals surface area contributed by atoms with Gasteiger partial charge in [0.1, 0.15) is 5.52 Å². The minimum Gasteiger partial charge on any atom is -0.349 e. The lowest BCUT2D eigenvalue weighted by atomic mass is 9.93. The number of fused-ring (bicyclic) bond motifs is 1. The number of imidazole rings is 1. The lowest BCUT2D eigenvalue weighted by Gasteiger charge is -2.45. The molecule has 2 aromatic heterocycles. The Balaban J connectivity index is 1.49. The molecule has 1 N–H and O–H groups in total. The van der Waals surface area contributed by atoms with Crippen molar-refractivity contribution in [1.29, 1.82) is 0 Å². The van der Waals surface area contributed by atoms with Gasteiger partial charge in [-0.3, -0.25) is 19.5 Å². The number of carbonyl (C=O) groups is 2. The van der Waals surface area contributed by atoms with E-state index in [0.717, 1.165) is 16.6 Å². The van der Waals surface area contributed by atoms with Gasteiger partial charge >= 0.3 is 0 Å². The van der Waals surface area contributed by atoms with Crippen LogP contribution in [-0.2, 0) is 4.79 Å². The normalized spacial score (nSPS) is 16.4. The number of benzene rings is 2. The van der Waals surface area contributed by atoms with Gasteiger partial charge in [-0.15, -0.1) is 0 Å². The summed E-state index contributed by atoms with van der Waals surface area (Å²) in [6.07, 6.45) is 5.14. The Kier molecular flexibility index (Phi) is 6.77. The molecule has 1 saturated heterocycles. The third-order valence-electron chi connectivity index (χ3n) is 6.85. The van der Waals surface area contributed by atoms with Crippen LogP contribution in [0.5, 0.6) is 0 Å². The molecule has 0 spiro atoms. The lowest BCUT2D eigenvalue weighted by Crippen LogP contribution is -2.56. The summed E-state index contributed by atoms with van der Waals surface area (Å²) < 4.78 is 0. The maximum absolute atomic E-state index is 13.6. The summed E-state index contributed by atoms with van der Waals surface area (Å²) in [4.78, 5) is 43.9. The van der Waals surface area contributed by atoms with Crippen LogP contribution in [0, 0.1) is 0 Å². The van der Waals surface area contributed by atoms with E-state index in [4.69, 9.17) is 0 Å². The Labute approximate surface area is 210 Å². The average molecular weight is 483 g/mol. The number of hydrogen-bond acceptors (Lipinski definition) is 5. The first-order valence-electron chi connectivity index (χ1n) is 12.1. The van der Waals surface area contributed by atoms with Crippen LogP contribution in [0.2, 0.25) is 0 Å². The second-order valence-corrected chi connectivity index (χ2v) is 9.34. The summed E-state index contributed by atoms with van der Waals surface area (Å²) in [7, 11) is 3.54. The fourth-order valence-electron chi connectivity index (χ4n) is 5.00. The number of pyridine rings is 1. The van der Waals surface area contributed by atoms with E-state index in [1.54, 1.807) is 37.7 Å². The molecular formula is C28H30N6O2. The highest BCUT2D eigenvalue weighted by molar-refractivity contribution is 6.04. The molecule has 1 aliphatic rings. The lowest BCUT2D eigenvalue weighted by molar-refractivity contribution is -0.130. The van der Waals surface area contributed by atoms with E-state index in [1.807, 2.05) is 41.3 Å². The molecule has 0 saturated carbocycles. The predicted octanol–water partition coefficient (Wildman–Crippen LogP) is 3.35. The summed E-state index contributed by atoms with van der Waals surface area (Å²) in [5.74, 6) is -0.0756. The SMILES string of the molecule is CN(C)C(=O)C[C@@H]1CN(C(=O)c2cncc3[nH]cnc23)CCN1C(c1ccccc1)c1ccccc1. The van der Waals surface area contributed by atoms with Crippen LogP contribution in [-0.4, -0.2) is 81.2 Å². The van der Waals surface area contributed by atoms with Gasteiger partial charge in [-0.2, -0.15) is 0 Å². The Hall–Kier alpha value is -4.04. The number of aromatic amines is 1. The summed E-state index contributed by atoms with van der Waals surface area (Å²) in [5, 5.41) is 0. The molecule has 0 radical (unpaired) electrons. The molecule has 1 atom stereocenters. The van der Waals surface area contributed by atoms with Gasteiger partial charge in [0, 0.05) is 52.4 Å². The standard InChI is InChI=1S/C28H30N6O2/c1-32(2)25(35)15-22-18-33(28(36)23-16-29-17-24-26(23)31-19-30-24)13-14-34(22)27(20-9-5-3-6-10-20)21-11-7-4-8-12-21/h3-12,16-17,19,22,27H,13-15,18H2,1-2H3,(H,30,31)/t22-/m1/s1. The van der Waals surface area contributed by atoms with Crippen molar-refractivity contribution >= 4 is 22.8 Å². The van der Waals surface area contributed by atoms with Crippen molar-refractivity contribution in [2.45, 2.75) is 18.5 Å². The zero-order valence-corrected chi connectivity index (χ0v) is 20.5. The van der Waals surface area contributed by atoms with E-state index in [9.17, 15) is 9.59 Å². The fourth-order valence-corrected chi connectivity index (χ4v) is 5.00. The number of nitrogens with one attached hydrogen (secondary N) is 1. The zero-order chi connectivity index (χ0) is 25.1. The number of piperazine rings is 1. The van der Waals surface area contributed by atoms with Crippen molar-refractivity contribution in [3.8, 4) is 0 Å². The molecule has 4 aromatic rings. The van der Waals surface area contributed by atoms with Gasteiger partial charge < -0.3 is 14.8 Å². The van der Waals surface area contributed by atoms with Gasteiger partial charge in [0.05, 0.1) is 29.6 Å². The topological polar surface area (TPSA) is 85.4 Å².